The van der Waals surface area contributed by atoms with Crippen molar-refractivity contribution in [3.63, 3.8) is 0 Å². The molecule has 6 aromatic rings. The number of aryl methyl sites for hydroxylation is 2. The number of carbonyl (C=O) groups excluding carboxylic acids is 1. The molecule has 16 nitrogen and oxygen atoms in total. The van der Waals surface area contributed by atoms with E-state index in [1.54, 1.807) is 12.3 Å². The number of aromatic nitrogens is 7. The van der Waals surface area contributed by atoms with Crippen LogP contribution < -0.4 is 27.6 Å². The Morgan fingerprint density at radius 2 is 1.88 bits per heavy atom. The van der Waals surface area contributed by atoms with Crippen LogP contribution in [0.2, 0.25) is 0 Å². The second kappa shape index (κ2) is 17.3. The molecule has 6 N–H and O–H groups in total. The van der Waals surface area contributed by atoms with E-state index in [2.05, 4.69) is 67.2 Å². The number of piperidine rings is 1. The molecular weight excluding hydrogens is 752 g/mol. The molecule has 57 heavy (non-hydrogen) atoms. The maximum absolute atomic E-state index is 12.5. The fourth-order valence-corrected chi connectivity index (χ4v) is 8.14. The predicted octanol–water partition coefficient (Wildman–Crippen LogP) is -0.314. The number of rotatable bonds is 13. The minimum Gasteiger partial charge on any atom is -1.00 e. The number of nitrogens with two attached hydrogens (primary N) is 1. The van der Waals surface area contributed by atoms with Gasteiger partial charge >= 0.3 is 0 Å². The molecule has 2 aromatic carbocycles. The summed E-state index contributed by atoms with van der Waals surface area (Å²) in [5.41, 5.74) is 12.4. The second-order valence-electron chi connectivity index (χ2n) is 14.5. The summed E-state index contributed by atoms with van der Waals surface area (Å²) in [6, 6.07) is 17.7. The largest absolute Gasteiger partial charge is 1.00 e. The van der Waals surface area contributed by atoms with Crippen LogP contribution >= 0.6 is 0 Å². The predicted molar refractivity (Wildman–Crippen MR) is 208 cm³/mol. The number of halogens is 1. The van der Waals surface area contributed by atoms with Gasteiger partial charge in [0, 0.05) is 43.2 Å². The van der Waals surface area contributed by atoms with E-state index in [-0.39, 0.29) is 44.0 Å². The first-order valence-electron chi connectivity index (χ1n) is 19.3. The monoisotopic (exact) mass is 800 g/mol. The Kier molecular flexibility index (Phi) is 12.2. The number of carbonyl (C=O) groups is 1. The number of amides is 1. The van der Waals surface area contributed by atoms with Gasteiger partial charge in [-0.2, -0.15) is 5.10 Å². The number of β-amino-alcohol motifs (C(OH)–C–C–N with tert-alkyl or cyclic N) is 1. The summed E-state index contributed by atoms with van der Waals surface area (Å²) in [6.45, 7) is 7.53. The molecule has 0 spiro atoms. The van der Waals surface area contributed by atoms with Gasteiger partial charge in [-0.15, -0.1) is 0 Å². The van der Waals surface area contributed by atoms with Gasteiger partial charge in [-0.05, 0) is 56.5 Å². The van der Waals surface area contributed by atoms with Crippen molar-refractivity contribution in [1.29, 1.82) is 0 Å². The lowest BCUT2D eigenvalue weighted by Gasteiger charge is -2.39. The number of anilines is 2. The van der Waals surface area contributed by atoms with Gasteiger partial charge in [-0.3, -0.25) is 14.4 Å². The maximum Gasteiger partial charge on any atom is 0.277 e. The molecule has 6 heterocycles. The Morgan fingerprint density at radius 3 is 2.61 bits per heavy atom. The van der Waals surface area contributed by atoms with Gasteiger partial charge in [0.1, 0.15) is 30.4 Å². The smallest absolute Gasteiger partial charge is 0.277 e. The summed E-state index contributed by atoms with van der Waals surface area (Å²) in [5.74, 6) is 1.43. The topological polar surface area (TPSA) is 197 Å². The number of fused-ring (bicyclic) bond motifs is 2. The lowest BCUT2D eigenvalue weighted by atomic mass is 9.99. The van der Waals surface area contributed by atoms with Crippen LogP contribution in [0.15, 0.2) is 73.2 Å². The number of H-pyrrole nitrogens is 1. The Bertz CT molecular complexity index is 2290. The van der Waals surface area contributed by atoms with E-state index in [0.29, 0.717) is 30.1 Å². The highest BCUT2D eigenvalue weighted by atomic mass is 35.5. The van der Waals surface area contributed by atoms with Gasteiger partial charge < -0.3 is 52.8 Å². The number of nitrogens with zero attached hydrogens (tertiary/aromatic N) is 8. The van der Waals surface area contributed by atoms with Crippen molar-refractivity contribution in [3.8, 4) is 11.1 Å². The first-order valence-corrected chi connectivity index (χ1v) is 19.3. The standard InChI is InChI=1S/C40H49N10O6.ClH/c1-3-48-30-11-10-26(18-31(30)49(4-2)34(48)22-47(24-51)39-37(41)45-38-29(44-39)12-15-42-38)27-19-43-50(20-27)28-13-16-46(17-14-28)21-32(52)35(54)36-33(53)23-55-40(56-36)25-8-6-5-7-9-25;/h5-12,15,18-20,24,28,32-33,35-36,40,52-54H,3-4,13-14,16-17,21-23H2,1-2H3,(H3,41,42,45);1H/q+1;/p-1/t32-,33+,35+,36+,40?;/m0./s1. The normalized spacial score (nSPS) is 20.4. The van der Waals surface area contributed by atoms with E-state index in [1.807, 2.05) is 41.2 Å². The van der Waals surface area contributed by atoms with Crippen LogP contribution in [0, 0.1) is 0 Å². The van der Waals surface area contributed by atoms with E-state index in [9.17, 15) is 20.1 Å². The summed E-state index contributed by atoms with van der Waals surface area (Å²) in [6.07, 6.45) is 2.99. The molecule has 4 aromatic heterocycles. The van der Waals surface area contributed by atoms with Crippen LogP contribution in [-0.4, -0.2) is 107 Å². The average molecular weight is 801 g/mol. The Hall–Kier alpha value is -4.94. The highest BCUT2D eigenvalue weighted by Gasteiger charge is 2.40. The molecule has 0 aliphatic carbocycles. The number of aromatic amines is 1. The lowest BCUT2D eigenvalue weighted by Crippen LogP contribution is -3.00. The average Bonchev–Trinajstić information content (AvgIpc) is 3.97. The minimum atomic E-state index is -1.28. The third-order valence-corrected chi connectivity index (χ3v) is 11.1. The highest BCUT2D eigenvalue weighted by Crippen LogP contribution is 2.31. The van der Waals surface area contributed by atoms with Crippen LogP contribution in [-0.2, 0) is 33.9 Å². The third kappa shape index (κ3) is 7.98. The number of aliphatic hydroxyl groups excluding tert-OH is 3. The number of imidazole rings is 1. The number of nitrogens with one attached hydrogen (secondary N) is 1. The summed E-state index contributed by atoms with van der Waals surface area (Å²) < 4.78 is 18.0. The molecule has 0 saturated carbocycles. The minimum absolute atomic E-state index is 0. The number of aliphatic hydroxyl groups is 3. The molecule has 5 atom stereocenters. The van der Waals surface area contributed by atoms with Crippen molar-refractivity contribution in [2.24, 2.45) is 0 Å². The molecule has 1 unspecified atom stereocenters. The van der Waals surface area contributed by atoms with Gasteiger partial charge in [0.05, 0.1) is 38.0 Å². The molecule has 0 radical (unpaired) electrons. The van der Waals surface area contributed by atoms with Crippen LogP contribution in [0.1, 0.15) is 50.4 Å². The van der Waals surface area contributed by atoms with E-state index >= 15 is 0 Å². The van der Waals surface area contributed by atoms with Gasteiger partial charge in [0.25, 0.3) is 5.82 Å². The third-order valence-electron chi connectivity index (χ3n) is 11.1. The van der Waals surface area contributed by atoms with Crippen LogP contribution in [0.4, 0.5) is 11.6 Å². The fraction of sp³-hybridized carbons (Fsp3) is 0.425. The zero-order valence-corrected chi connectivity index (χ0v) is 32.7. The van der Waals surface area contributed by atoms with Crippen molar-refractivity contribution in [3.05, 3.63) is 84.6 Å². The Balaban J connectivity index is 0.00000496. The zero-order chi connectivity index (χ0) is 38.9. The summed E-state index contributed by atoms with van der Waals surface area (Å²) >= 11 is 0. The Labute approximate surface area is 335 Å². The first-order chi connectivity index (χ1) is 27.3. The summed E-state index contributed by atoms with van der Waals surface area (Å²) in [4.78, 5) is 28.1. The number of nitrogen functional groups attached to an aromatic ring is 1. The Morgan fingerprint density at radius 1 is 1.09 bits per heavy atom. The van der Waals surface area contributed by atoms with Gasteiger partial charge in [-0.25, -0.2) is 19.1 Å². The molecule has 2 saturated heterocycles. The van der Waals surface area contributed by atoms with Gasteiger partial charge in [0.15, 0.2) is 34.6 Å². The molecule has 2 fully saturated rings. The van der Waals surface area contributed by atoms with E-state index in [0.717, 1.165) is 65.9 Å². The summed E-state index contributed by atoms with van der Waals surface area (Å²) in [7, 11) is 0. The van der Waals surface area contributed by atoms with E-state index in [1.165, 1.54) is 4.90 Å². The van der Waals surface area contributed by atoms with E-state index < -0.39 is 30.7 Å². The molecule has 2 aliphatic rings. The molecular formula is C40H49ClN10O6. The van der Waals surface area contributed by atoms with Crippen molar-refractivity contribution in [1.82, 2.24) is 34.2 Å². The molecule has 8 rings (SSSR count). The van der Waals surface area contributed by atoms with Crippen LogP contribution in [0.25, 0.3) is 33.3 Å². The fourth-order valence-electron chi connectivity index (χ4n) is 8.14. The SMILES string of the molecule is CCn1c(CN(C=O)c2nc3cc[nH]c3nc2N)[n+](CC)c2ccc(-c3cnn(C4CCN(C[C@H](O)[C@@H](O)[C@@H]5OC(c6ccccc6)OC[C@H]5O)CC4)c3)cc21.[Cl-]. The van der Waals surface area contributed by atoms with E-state index in [4.69, 9.17) is 20.3 Å². The number of hydrogen-bond donors (Lipinski definition) is 5. The number of ether oxygens (including phenoxy) is 2. The second-order valence-corrected chi connectivity index (χ2v) is 14.5. The first kappa shape index (κ1) is 40.3. The van der Waals surface area contributed by atoms with Gasteiger partial charge in [-0.1, -0.05) is 30.3 Å². The lowest BCUT2D eigenvalue weighted by molar-refractivity contribution is -0.676. The number of likely N-dealkylation sites (tertiary alicyclic amines) is 1. The zero-order valence-electron chi connectivity index (χ0n) is 31.9. The maximum atomic E-state index is 12.5. The van der Waals surface area contributed by atoms with Crippen molar-refractivity contribution >= 4 is 40.2 Å². The van der Waals surface area contributed by atoms with Crippen molar-refractivity contribution in [2.75, 3.05) is 36.9 Å². The quantitative estimate of drug-likeness (QED) is 0.0759. The number of hydrogen-bond acceptors (Lipinski definition) is 11. The molecule has 0 bridgehead atoms. The van der Waals surface area contributed by atoms with Crippen molar-refractivity contribution in [2.45, 2.75) is 83.1 Å². The highest BCUT2D eigenvalue weighted by molar-refractivity contribution is 5.84. The van der Waals surface area contributed by atoms with Crippen molar-refractivity contribution < 1.29 is 46.6 Å². The molecule has 17 heteroatoms. The van der Waals surface area contributed by atoms with Crippen LogP contribution in [0.5, 0.6) is 0 Å². The summed E-state index contributed by atoms with van der Waals surface area (Å²) in [5, 5.41) is 37.4. The van der Waals surface area contributed by atoms with Crippen LogP contribution in [0.3, 0.4) is 0 Å². The molecule has 302 valence electrons. The van der Waals surface area contributed by atoms with Gasteiger partial charge in [0.2, 0.25) is 6.41 Å². The molecule has 1 amide bonds. The number of benzene rings is 2. The molecule has 2 aliphatic heterocycles.